The Labute approximate surface area is 165 Å². The Kier molecular flexibility index (Phi) is 8.39. The van der Waals surface area contributed by atoms with Crippen LogP contribution in [0.5, 0.6) is 0 Å². The van der Waals surface area contributed by atoms with E-state index in [9.17, 15) is 4.79 Å². The van der Waals surface area contributed by atoms with E-state index >= 15 is 0 Å². The Morgan fingerprint density at radius 2 is 2.12 bits per heavy atom. The molecule has 0 unspecified atom stereocenters. The van der Waals surface area contributed by atoms with Crippen molar-refractivity contribution in [3.05, 3.63) is 47.7 Å². The summed E-state index contributed by atoms with van der Waals surface area (Å²) in [4.78, 5) is 19.3. The van der Waals surface area contributed by atoms with Crippen LogP contribution in [0.2, 0.25) is 0 Å². The third-order valence-corrected chi connectivity index (χ3v) is 6.32. The number of rotatable bonds is 5. The normalized spacial score (nSPS) is 14.7. The summed E-state index contributed by atoms with van der Waals surface area (Å²) >= 11 is 3.20. The van der Waals surface area contributed by atoms with Crippen molar-refractivity contribution in [2.45, 2.75) is 51.3 Å². The molecule has 0 fully saturated rings. The molecule has 3 rings (SSSR count). The van der Waals surface area contributed by atoms with Gasteiger partial charge in [-0.15, -0.1) is 11.3 Å². The van der Waals surface area contributed by atoms with Crippen molar-refractivity contribution < 1.29 is 4.79 Å². The average Bonchev–Trinajstić information content (AvgIpc) is 3.11. The Morgan fingerprint density at radius 3 is 2.81 bits per heavy atom. The van der Waals surface area contributed by atoms with Crippen LogP contribution in [0.3, 0.4) is 0 Å². The molecule has 1 aromatic carbocycles. The van der Waals surface area contributed by atoms with Crippen LogP contribution in [0.15, 0.2) is 52.0 Å². The lowest BCUT2D eigenvalue weighted by molar-refractivity contribution is -0.126. The zero-order valence-electron chi connectivity index (χ0n) is 16.1. The van der Waals surface area contributed by atoms with Gasteiger partial charge in [0.2, 0.25) is 5.91 Å². The molecule has 0 atom stereocenters. The first-order valence-corrected chi connectivity index (χ1v) is 11.2. The molecule has 0 aliphatic carbocycles. The highest BCUT2D eigenvalue weighted by atomic mass is 32.2. The minimum Gasteiger partial charge on any atom is -0.312 e. The maximum absolute atomic E-state index is 12.7. The molecule has 5 heteroatoms. The second-order valence-electron chi connectivity index (χ2n) is 5.73. The molecule has 1 amide bonds. The SMILES string of the molecule is C/C=C\C1=C(CC)CCCN1C(=O)CSc1nc2ccccc2s1.CC. The summed E-state index contributed by atoms with van der Waals surface area (Å²) in [7, 11) is 0. The number of hydrogen-bond donors (Lipinski definition) is 0. The Bertz CT molecular complexity index is 759. The molecule has 140 valence electrons. The van der Waals surface area contributed by atoms with Crippen LogP contribution < -0.4 is 0 Å². The van der Waals surface area contributed by atoms with Gasteiger partial charge in [-0.2, -0.15) is 0 Å². The Balaban J connectivity index is 0.00000117. The van der Waals surface area contributed by atoms with Gasteiger partial charge >= 0.3 is 0 Å². The molecule has 1 aliphatic rings. The highest BCUT2D eigenvalue weighted by Gasteiger charge is 2.23. The van der Waals surface area contributed by atoms with E-state index in [0.717, 1.165) is 41.4 Å². The van der Waals surface area contributed by atoms with Gasteiger partial charge in [-0.25, -0.2) is 4.98 Å². The monoisotopic (exact) mass is 388 g/mol. The van der Waals surface area contributed by atoms with Crippen LogP contribution >= 0.6 is 23.1 Å². The van der Waals surface area contributed by atoms with Crippen LogP contribution in [0, 0.1) is 0 Å². The first-order chi connectivity index (χ1) is 12.7. The van der Waals surface area contributed by atoms with Crippen molar-refractivity contribution in [3.8, 4) is 0 Å². The predicted octanol–water partition coefficient (Wildman–Crippen LogP) is 6.28. The molecule has 0 radical (unpaired) electrons. The number of carbonyl (C=O) groups excluding carboxylic acids is 1. The van der Waals surface area contributed by atoms with E-state index in [4.69, 9.17) is 0 Å². The molecular weight excluding hydrogens is 360 g/mol. The fraction of sp³-hybridized carbons (Fsp3) is 0.429. The summed E-state index contributed by atoms with van der Waals surface area (Å²) in [5, 5.41) is 0. The molecular formula is C21H28N2OS2. The predicted molar refractivity (Wildman–Crippen MR) is 115 cm³/mol. The third-order valence-electron chi connectivity index (χ3n) is 4.16. The fourth-order valence-electron chi connectivity index (χ4n) is 2.99. The van der Waals surface area contributed by atoms with Crippen molar-refractivity contribution in [1.29, 1.82) is 0 Å². The van der Waals surface area contributed by atoms with Crippen LogP contribution in [-0.2, 0) is 4.79 Å². The third kappa shape index (κ3) is 4.98. The number of thiazole rings is 1. The fourth-order valence-corrected chi connectivity index (χ4v) is 4.93. The molecule has 0 saturated heterocycles. The average molecular weight is 389 g/mol. The van der Waals surface area contributed by atoms with Gasteiger partial charge in [-0.1, -0.05) is 50.7 Å². The van der Waals surface area contributed by atoms with E-state index in [2.05, 4.69) is 24.1 Å². The van der Waals surface area contributed by atoms with Gasteiger partial charge in [0, 0.05) is 12.2 Å². The molecule has 2 aromatic rings. The summed E-state index contributed by atoms with van der Waals surface area (Å²) in [6, 6.07) is 8.11. The molecule has 0 spiro atoms. The number of amides is 1. The number of hydrogen-bond acceptors (Lipinski definition) is 4. The quantitative estimate of drug-likeness (QED) is 0.565. The smallest absolute Gasteiger partial charge is 0.237 e. The lowest BCUT2D eigenvalue weighted by Crippen LogP contribution is -2.35. The number of benzene rings is 1. The number of thioether (sulfide) groups is 1. The number of aromatic nitrogens is 1. The van der Waals surface area contributed by atoms with Gasteiger partial charge in [-0.05, 0) is 50.0 Å². The highest BCUT2D eigenvalue weighted by molar-refractivity contribution is 8.01. The van der Waals surface area contributed by atoms with E-state index in [0.29, 0.717) is 5.75 Å². The first-order valence-electron chi connectivity index (χ1n) is 9.36. The largest absolute Gasteiger partial charge is 0.312 e. The minimum absolute atomic E-state index is 0.179. The van der Waals surface area contributed by atoms with E-state index in [1.165, 1.54) is 10.3 Å². The van der Waals surface area contributed by atoms with Crippen LogP contribution in [0.25, 0.3) is 10.2 Å². The van der Waals surface area contributed by atoms with E-state index < -0.39 is 0 Å². The number of allylic oxidation sites excluding steroid dienone is 3. The molecule has 2 heterocycles. The van der Waals surface area contributed by atoms with E-state index in [1.807, 2.05) is 49.9 Å². The van der Waals surface area contributed by atoms with Crippen LogP contribution in [0.4, 0.5) is 0 Å². The van der Waals surface area contributed by atoms with Crippen LogP contribution in [0.1, 0.15) is 47.0 Å². The molecule has 0 N–H and O–H groups in total. The van der Waals surface area contributed by atoms with Gasteiger partial charge in [0.25, 0.3) is 0 Å². The summed E-state index contributed by atoms with van der Waals surface area (Å²) in [5.41, 5.74) is 3.51. The molecule has 0 saturated carbocycles. The molecule has 1 aromatic heterocycles. The van der Waals surface area contributed by atoms with E-state index in [-0.39, 0.29) is 5.91 Å². The number of para-hydroxylation sites is 1. The first kappa shape index (κ1) is 20.7. The topological polar surface area (TPSA) is 33.2 Å². The van der Waals surface area contributed by atoms with Crippen molar-refractivity contribution in [2.24, 2.45) is 0 Å². The van der Waals surface area contributed by atoms with Gasteiger partial charge < -0.3 is 4.90 Å². The molecule has 1 aliphatic heterocycles. The van der Waals surface area contributed by atoms with E-state index in [1.54, 1.807) is 23.1 Å². The highest BCUT2D eigenvalue weighted by Crippen LogP contribution is 2.31. The van der Waals surface area contributed by atoms with Gasteiger partial charge in [0.15, 0.2) is 4.34 Å². The standard InChI is InChI=1S/C19H22N2OS2.C2H6/c1-3-8-16-14(4-2)9-7-12-21(16)18(22)13-23-19-20-15-10-5-6-11-17(15)24-19;1-2/h3,5-6,8,10-11H,4,7,9,12-13H2,1-2H3;1-2H3/b8-3-;. The number of nitrogens with zero attached hydrogens (tertiary/aromatic N) is 2. The lowest BCUT2D eigenvalue weighted by Gasteiger charge is -2.30. The molecule has 3 nitrogen and oxygen atoms in total. The Morgan fingerprint density at radius 1 is 1.35 bits per heavy atom. The zero-order valence-corrected chi connectivity index (χ0v) is 17.8. The Hall–Kier alpha value is -1.59. The second-order valence-corrected chi connectivity index (χ2v) is 7.98. The van der Waals surface area contributed by atoms with Crippen molar-refractivity contribution >= 4 is 39.2 Å². The zero-order chi connectivity index (χ0) is 18.9. The minimum atomic E-state index is 0.179. The van der Waals surface area contributed by atoms with Crippen molar-refractivity contribution in [2.75, 3.05) is 12.3 Å². The maximum atomic E-state index is 12.7. The lowest BCUT2D eigenvalue weighted by atomic mass is 9.99. The van der Waals surface area contributed by atoms with Crippen molar-refractivity contribution in [1.82, 2.24) is 9.88 Å². The number of fused-ring (bicyclic) bond motifs is 1. The molecule has 26 heavy (non-hydrogen) atoms. The summed E-state index contributed by atoms with van der Waals surface area (Å²) in [6.45, 7) is 9.00. The maximum Gasteiger partial charge on any atom is 0.237 e. The number of carbonyl (C=O) groups is 1. The molecule has 0 bridgehead atoms. The van der Waals surface area contributed by atoms with Crippen LogP contribution in [-0.4, -0.2) is 28.1 Å². The van der Waals surface area contributed by atoms with Gasteiger partial charge in [0.05, 0.1) is 16.0 Å². The van der Waals surface area contributed by atoms with Gasteiger partial charge in [-0.3, -0.25) is 4.79 Å². The van der Waals surface area contributed by atoms with Gasteiger partial charge in [0.1, 0.15) is 0 Å². The second kappa shape index (κ2) is 10.5. The van der Waals surface area contributed by atoms with Crippen molar-refractivity contribution in [3.63, 3.8) is 0 Å². The summed E-state index contributed by atoms with van der Waals surface area (Å²) in [5.74, 6) is 0.621. The summed E-state index contributed by atoms with van der Waals surface area (Å²) in [6.07, 6.45) is 7.27. The summed E-state index contributed by atoms with van der Waals surface area (Å²) < 4.78 is 2.14.